The van der Waals surface area contributed by atoms with E-state index in [1.165, 1.54) is 17.2 Å². The van der Waals surface area contributed by atoms with E-state index >= 15 is 0 Å². The molecule has 1 unspecified atom stereocenters. The number of hydrogen-bond acceptors (Lipinski definition) is 3. The summed E-state index contributed by atoms with van der Waals surface area (Å²) in [5.74, 6) is 0.449. The van der Waals surface area contributed by atoms with Crippen molar-refractivity contribution in [1.82, 2.24) is 15.5 Å². The minimum absolute atomic E-state index is 0.212. The Labute approximate surface area is 166 Å². The molecule has 1 aliphatic rings. The number of hydrogen-bond donors (Lipinski definition) is 2. The molecule has 2 aromatic rings. The van der Waals surface area contributed by atoms with E-state index in [9.17, 15) is 4.39 Å². The van der Waals surface area contributed by atoms with Crippen molar-refractivity contribution in [3.8, 4) is 0 Å². The molecular weight excluding hydrogens is 355 g/mol. The van der Waals surface area contributed by atoms with E-state index in [0.717, 1.165) is 26.3 Å². The first-order valence-electron chi connectivity index (χ1n) is 9.73. The first kappa shape index (κ1) is 20.3. The van der Waals surface area contributed by atoms with Gasteiger partial charge in [0.15, 0.2) is 5.96 Å². The lowest BCUT2D eigenvalue weighted by atomic mass is 10.0. The Morgan fingerprint density at radius 3 is 2.50 bits per heavy atom. The standard InChI is InChI=1S/C22H29FN4O/c1-17-7-9-18(10-8-17)21(27-11-13-28-14-12-27)16-26-22(24-2)25-15-19-5-3-4-6-20(19)23/h3-10,21H,11-16H2,1-2H3,(H2,24,25,26). The quantitative estimate of drug-likeness (QED) is 0.594. The van der Waals surface area contributed by atoms with Crippen LogP contribution in [0.1, 0.15) is 22.7 Å². The molecule has 1 atom stereocenters. The third-order valence-corrected chi connectivity index (χ3v) is 5.04. The molecule has 5 nitrogen and oxygen atoms in total. The lowest BCUT2D eigenvalue weighted by Crippen LogP contribution is -2.46. The molecular formula is C22H29FN4O. The van der Waals surface area contributed by atoms with E-state index in [4.69, 9.17) is 4.74 Å². The summed E-state index contributed by atoms with van der Waals surface area (Å²) in [5, 5.41) is 6.60. The van der Waals surface area contributed by atoms with Gasteiger partial charge in [0.25, 0.3) is 0 Å². The van der Waals surface area contributed by atoms with Gasteiger partial charge in [-0.25, -0.2) is 4.39 Å². The van der Waals surface area contributed by atoms with Crippen LogP contribution in [-0.2, 0) is 11.3 Å². The van der Waals surface area contributed by atoms with Gasteiger partial charge >= 0.3 is 0 Å². The van der Waals surface area contributed by atoms with Crippen LogP contribution in [0.15, 0.2) is 53.5 Å². The molecule has 2 N–H and O–H groups in total. The first-order valence-corrected chi connectivity index (χ1v) is 9.73. The summed E-state index contributed by atoms with van der Waals surface area (Å²) in [6.07, 6.45) is 0. The number of morpholine rings is 1. The fourth-order valence-electron chi connectivity index (χ4n) is 3.37. The van der Waals surface area contributed by atoms with Crippen molar-refractivity contribution in [2.75, 3.05) is 39.9 Å². The number of benzene rings is 2. The molecule has 0 spiro atoms. The van der Waals surface area contributed by atoms with Crippen LogP contribution >= 0.6 is 0 Å². The Morgan fingerprint density at radius 1 is 1.11 bits per heavy atom. The predicted molar refractivity (Wildman–Crippen MR) is 111 cm³/mol. The number of ether oxygens (including phenoxy) is 1. The molecule has 28 heavy (non-hydrogen) atoms. The Bertz CT molecular complexity index is 772. The second kappa shape index (κ2) is 10.2. The molecule has 0 aliphatic carbocycles. The SMILES string of the molecule is CN=C(NCc1ccccc1F)NCC(c1ccc(C)cc1)N1CCOCC1. The predicted octanol–water partition coefficient (Wildman–Crippen LogP) is 2.87. The molecule has 1 aliphatic heterocycles. The molecule has 1 fully saturated rings. The maximum atomic E-state index is 13.8. The minimum atomic E-state index is -0.212. The Kier molecular flexibility index (Phi) is 7.39. The van der Waals surface area contributed by atoms with Crippen molar-refractivity contribution in [3.05, 3.63) is 71.0 Å². The van der Waals surface area contributed by atoms with E-state index in [0.29, 0.717) is 24.6 Å². The van der Waals surface area contributed by atoms with Crippen LogP contribution in [-0.4, -0.2) is 50.8 Å². The number of nitrogens with one attached hydrogen (secondary N) is 2. The third-order valence-electron chi connectivity index (χ3n) is 5.04. The zero-order valence-corrected chi connectivity index (χ0v) is 16.6. The highest BCUT2D eigenvalue weighted by Crippen LogP contribution is 2.21. The summed E-state index contributed by atoms with van der Waals surface area (Å²) in [4.78, 5) is 6.72. The van der Waals surface area contributed by atoms with Gasteiger partial charge in [-0.1, -0.05) is 48.0 Å². The molecule has 6 heteroatoms. The fourth-order valence-corrected chi connectivity index (χ4v) is 3.37. The van der Waals surface area contributed by atoms with E-state index in [2.05, 4.69) is 51.7 Å². The molecule has 0 amide bonds. The molecule has 0 saturated carbocycles. The minimum Gasteiger partial charge on any atom is -0.379 e. The van der Waals surface area contributed by atoms with Gasteiger partial charge in [-0.05, 0) is 18.6 Å². The van der Waals surface area contributed by atoms with Crippen LogP contribution in [0.25, 0.3) is 0 Å². The van der Waals surface area contributed by atoms with E-state index < -0.39 is 0 Å². The molecule has 3 rings (SSSR count). The third kappa shape index (κ3) is 5.53. The van der Waals surface area contributed by atoms with E-state index in [1.807, 2.05) is 6.07 Å². The average molecular weight is 384 g/mol. The lowest BCUT2D eigenvalue weighted by molar-refractivity contribution is 0.0170. The Morgan fingerprint density at radius 2 is 1.82 bits per heavy atom. The molecule has 1 heterocycles. The van der Waals surface area contributed by atoms with Gasteiger partial charge in [-0.3, -0.25) is 9.89 Å². The van der Waals surface area contributed by atoms with Crippen LogP contribution < -0.4 is 10.6 Å². The average Bonchev–Trinajstić information content (AvgIpc) is 2.73. The highest BCUT2D eigenvalue weighted by atomic mass is 19.1. The highest BCUT2D eigenvalue weighted by Gasteiger charge is 2.22. The van der Waals surface area contributed by atoms with Gasteiger partial charge in [0.1, 0.15) is 5.82 Å². The summed E-state index contributed by atoms with van der Waals surface area (Å²) in [7, 11) is 1.73. The molecule has 2 aromatic carbocycles. The maximum Gasteiger partial charge on any atom is 0.191 e. The number of guanidine groups is 1. The van der Waals surface area contributed by atoms with Crippen LogP contribution in [0.3, 0.4) is 0 Å². The van der Waals surface area contributed by atoms with Crippen molar-refractivity contribution in [3.63, 3.8) is 0 Å². The number of aliphatic imine (C=N–C) groups is 1. The van der Waals surface area contributed by atoms with Gasteiger partial charge < -0.3 is 15.4 Å². The van der Waals surface area contributed by atoms with Crippen LogP contribution in [0, 0.1) is 12.7 Å². The van der Waals surface area contributed by atoms with Crippen molar-refractivity contribution in [2.24, 2.45) is 4.99 Å². The summed E-state index contributed by atoms with van der Waals surface area (Å²) in [5.41, 5.74) is 3.14. The monoisotopic (exact) mass is 384 g/mol. The second-order valence-corrected chi connectivity index (χ2v) is 6.97. The molecule has 0 aromatic heterocycles. The number of nitrogens with zero attached hydrogens (tertiary/aromatic N) is 2. The molecule has 0 radical (unpaired) electrons. The second-order valence-electron chi connectivity index (χ2n) is 6.97. The van der Waals surface area contributed by atoms with Gasteiger partial charge in [0.05, 0.1) is 19.3 Å². The van der Waals surface area contributed by atoms with Gasteiger partial charge in [0.2, 0.25) is 0 Å². The molecule has 150 valence electrons. The summed E-state index contributed by atoms with van der Waals surface area (Å²) < 4.78 is 19.4. The summed E-state index contributed by atoms with van der Waals surface area (Å²) in [6, 6.07) is 15.7. The molecule has 0 bridgehead atoms. The number of halogens is 1. The number of aryl methyl sites for hydroxylation is 1. The Balaban J connectivity index is 1.64. The van der Waals surface area contributed by atoms with Gasteiger partial charge in [0, 0.05) is 38.8 Å². The Hall–Kier alpha value is -2.44. The maximum absolute atomic E-state index is 13.8. The van der Waals surface area contributed by atoms with Crippen LogP contribution in [0.2, 0.25) is 0 Å². The van der Waals surface area contributed by atoms with Crippen molar-refractivity contribution in [1.29, 1.82) is 0 Å². The number of rotatable bonds is 6. The smallest absolute Gasteiger partial charge is 0.191 e. The summed E-state index contributed by atoms with van der Waals surface area (Å²) in [6.45, 7) is 6.51. The van der Waals surface area contributed by atoms with Crippen molar-refractivity contribution in [2.45, 2.75) is 19.5 Å². The first-order chi connectivity index (χ1) is 13.7. The topological polar surface area (TPSA) is 48.9 Å². The van der Waals surface area contributed by atoms with Crippen molar-refractivity contribution >= 4 is 5.96 Å². The largest absolute Gasteiger partial charge is 0.379 e. The summed E-state index contributed by atoms with van der Waals surface area (Å²) >= 11 is 0. The highest BCUT2D eigenvalue weighted by molar-refractivity contribution is 5.79. The van der Waals surface area contributed by atoms with E-state index in [1.54, 1.807) is 19.2 Å². The van der Waals surface area contributed by atoms with Gasteiger partial charge in [-0.2, -0.15) is 0 Å². The normalized spacial score (nSPS) is 16.6. The molecule has 1 saturated heterocycles. The van der Waals surface area contributed by atoms with E-state index in [-0.39, 0.29) is 11.9 Å². The van der Waals surface area contributed by atoms with Crippen molar-refractivity contribution < 1.29 is 9.13 Å². The van der Waals surface area contributed by atoms with Crippen LogP contribution in [0.5, 0.6) is 0 Å². The zero-order valence-electron chi connectivity index (χ0n) is 16.6. The van der Waals surface area contributed by atoms with Gasteiger partial charge in [-0.15, -0.1) is 0 Å². The lowest BCUT2D eigenvalue weighted by Gasteiger charge is -2.35. The zero-order chi connectivity index (χ0) is 19.8. The van der Waals surface area contributed by atoms with Crippen LogP contribution in [0.4, 0.5) is 4.39 Å². The fraction of sp³-hybridized carbons (Fsp3) is 0.409.